The Bertz CT molecular complexity index is 668. The molecule has 2 aromatic heterocycles. The predicted molar refractivity (Wildman–Crippen MR) is 56.9 cm³/mol. The second-order valence-electron chi connectivity index (χ2n) is 3.17. The van der Waals surface area contributed by atoms with E-state index < -0.39 is 15.8 Å². The number of hydrogen-bond acceptors (Lipinski definition) is 3. The molecule has 0 aliphatic heterocycles. The fraction of sp³-hybridized carbons (Fsp3) is 0. The predicted octanol–water partition coefficient (Wildman–Crippen LogP) is 1.66. The lowest BCUT2D eigenvalue weighted by Gasteiger charge is -1.90. The Morgan fingerprint density at radius 2 is 2.27 bits per heavy atom. The fourth-order valence-electron chi connectivity index (χ4n) is 1.72. The molecule has 0 bridgehead atoms. The van der Waals surface area contributed by atoms with E-state index in [9.17, 15) is 9.90 Å². The molecule has 4 nitrogen and oxygen atoms in total. The Morgan fingerprint density at radius 3 is 3.07 bits per heavy atom. The standard InChI is InChI=1S/C10H6N2O2S/c13-10(14)15-5-12-8-2-1-7-6(9(8)15)3-4-11-7/h1-5,11H. The smallest absolute Gasteiger partial charge is 0.302 e. The van der Waals surface area contributed by atoms with Crippen LogP contribution in [0.3, 0.4) is 0 Å². The molecule has 0 saturated heterocycles. The van der Waals surface area contributed by atoms with Gasteiger partial charge in [-0.2, -0.15) is 4.98 Å². The van der Waals surface area contributed by atoms with Crippen molar-refractivity contribution in [2.75, 3.05) is 0 Å². The minimum Gasteiger partial charge on any atom is -0.500 e. The Balaban J connectivity index is 2.57. The molecule has 0 amide bonds. The number of benzene rings is 1. The molecule has 0 fully saturated rings. The Labute approximate surface area is 87.2 Å². The van der Waals surface area contributed by atoms with Gasteiger partial charge in [-0.3, -0.25) is 0 Å². The summed E-state index contributed by atoms with van der Waals surface area (Å²) >= 11 is 0. The number of aromatic nitrogens is 2. The number of aromatic amines is 1. The summed E-state index contributed by atoms with van der Waals surface area (Å²) in [5.74, 6) is 0. The van der Waals surface area contributed by atoms with Gasteiger partial charge in [-0.25, -0.2) is 0 Å². The molecule has 2 heterocycles. The van der Waals surface area contributed by atoms with Crippen molar-refractivity contribution in [1.29, 1.82) is 0 Å². The maximum absolute atomic E-state index is 10.9. The third-order valence-electron chi connectivity index (χ3n) is 2.36. The van der Waals surface area contributed by atoms with Gasteiger partial charge in [-0.05, 0) is 18.2 Å². The summed E-state index contributed by atoms with van der Waals surface area (Å²) in [6.07, 6.45) is 1.79. The van der Waals surface area contributed by atoms with Crippen LogP contribution in [0.25, 0.3) is 21.1 Å². The zero-order valence-corrected chi connectivity index (χ0v) is 8.38. The molecule has 0 spiro atoms. The molecule has 74 valence electrons. The number of carbonyl (C=O) groups is 1. The van der Waals surface area contributed by atoms with Crippen LogP contribution in [-0.4, -0.2) is 15.3 Å². The summed E-state index contributed by atoms with van der Waals surface area (Å²) < 4.78 is 0.758. The minimum absolute atomic E-state index is 0.731. The molecule has 0 aliphatic rings. The van der Waals surface area contributed by atoms with Gasteiger partial charge in [0, 0.05) is 6.20 Å². The molecular formula is C10H6N2O2S. The summed E-state index contributed by atoms with van der Waals surface area (Å²) in [6.45, 7) is 0. The third kappa shape index (κ3) is 1.07. The maximum Gasteiger partial charge on any atom is 0.302 e. The van der Waals surface area contributed by atoms with Crippen LogP contribution in [0.2, 0.25) is 0 Å². The first-order valence-electron chi connectivity index (χ1n) is 4.36. The molecule has 1 unspecified atom stereocenters. The molecule has 1 aromatic carbocycles. The van der Waals surface area contributed by atoms with E-state index in [1.807, 2.05) is 18.2 Å². The SMILES string of the molecule is O=C([O-])[s+]1cnc2ccc3[nH]ccc3c21. The number of carbonyl (C=O) groups excluding carboxylic acids is 1. The highest BCUT2D eigenvalue weighted by atomic mass is 32.2. The first-order chi connectivity index (χ1) is 7.27. The average Bonchev–Trinajstić information content (AvgIpc) is 2.82. The van der Waals surface area contributed by atoms with Crippen molar-refractivity contribution in [3.63, 3.8) is 0 Å². The second-order valence-corrected chi connectivity index (χ2v) is 4.80. The summed E-state index contributed by atoms with van der Waals surface area (Å²) in [6, 6.07) is 5.58. The van der Waals surface area contributed by atoms with E-state index in [0.717, 1.165) is 21.1 Å². The van der Waals surface area contributed by atoms with Gasteiger partial charge in [0.15, 0.2) is 0 Å². The molecule has 5 heteroatoms. The lowest BCUT2D eigenvalue weighted by atomic mass is 10.2. The van der Waals surface area contributed by atoms with Crippen LogP contribution in [0.4, 0.5) is 4.79 Å². The van der Waals surface area contributed by atoms with Gasteiger partial charge in [0.25, 0.3) is 0 Å². The van der Waals surface area contributed by atoms with Crippen LogP contribution >= 0.6 is 10.5 Å². The number of rotatable bonds is 1. The van der Waals surface area contributed by atoms with Crippen LogP contribution in [0.15, 0.2) is 29.9 Å². The van der Waals surface area contributed by atoms with Crippen LogP contribution in [0.1, 0.15) is 0 Å². The van der Waals surface area contributed by atoms with E-state index in [2.05, 4.69) is 9.97 Å². The van der Waals surface area contributed by atoms with Gasteiger partial charge in [-0.1, -0.05) is 0 Å². The largest absolute Gasteiger partial charge is 0.500 e. The lowest BCUT2D eigenvalue weighted by molar-refractivity contribution is -0.233. The van der Waals surface area contributed by atoms with E-state index in [1.165, 1.54) is 5.51 Å². The topological polar surface area (TPSA) is 68.8 Å². The Kier molecular flexibility index (Phi) is 1.58. The van der Waals surface area contributed by atoms with E-state index in [1.54, 1.807) is 6.20 Å². The number of nitrogens with zero attached hydrogens (tertiary/aromatic N) is 1. The molecule has 3 aromatic rings. The van der Waals surface area contributed by atoms with Crippen molar-refractivity contribution in [2.24, 2.45) is 0 Å². The lowest BCUT2D eigenvalue weighted by Crippen LogP contribution is -2.15. The zero-order valence-electron chi connectivity index (χ0n) is 7.56. The summed E-state index contributed by atoms with van der Waals surface area (Å²) in [4.78, 5) is 18.1. The average molecular weight is 218 g/mol. The van der Waals surface area contributed by atoms with Crippen molar-refractivity contribution < 1.29 is 9.90 Å². The molecule has 0 radical (unpaired) electrons. The summed E-state index contributed by atoms with van der Waals surface area (Å²) in [5.41, 5.74) is 3.11. The highest BCUT2D eigenvalue weighted by molar-refractivity contribution is 7.54. The molecule has 1 atom stereocenters. The van der Waals surface area contributed by atoms with Crippen molar-refractivity contribution in [3.05, 3.63) is 29.9 Å². The van der Waals surface area contributed by atoms with E-state index in [0.29, 0.717) is 0 Å². The zero-order chi connectivity index (χ0) is 10.4. The highest BCUT2D eigenvalue weighted by Crippen LogP contribution is 2.34. The summed E-state index contributed by atoms with van der Waals surface area (Å²) in [7, 11) is -1.01. The van der Waals surface area contributed by atoms with Crippen LogP contribution < -0.4 is 5.11 Å². The van der Waals surface area contributed by atoms with Gasteiger partial charge in [0.1, 0.15) is 5.52 Å². The maximum atomic E-state index is 10.9. The normalized spacial score (nSPS) is 12.4. The molecule has 0 aliphatic carbocycles. The number of thiazole rings is 1. The molecule has 15 heavy (non-hydrogen) atoms. The van der Waals surface area contributed by atoms with Crippen molar-refractivity contribution in [1.82, 2.24) is 9.97 Å². The number of nitrogens with one attached hydrogen (secondary N) is 1. The molecule has 1 N–H and O–H groups in total. The number of H-pyrrole nitrogens is 1. The van der Waals surface area contributed by atoms with Crippen LogP contribution in [0, 0.1) is 0 Å². The van der Waals surface area contributed by atoms with Gasteiger partial charge in [0.2, 0.25) is 10.2 Å². The first kappa shape index (κ1) is 8.43. The number of fused-ring (bicyclic) bond motifs is 3. The molecule has 0 saturated carbocycles. The highest BCUT2D eigenvalue weighted by Gasteiger charge is 2.19. The summed E-state index contributed by atoms with van der Waals surface area (Å²) in [5, 5.41) is 10.8. The first-order valence-corrected chi connectivity index (χ1v) is 5.64. The van der Waals surface area contributed by atoms with Gasteiger partial charge < -0.3 is 14.9 Å². The Morgan fingerprint density at radius 1 is 1.40 bits per heavy atom. The van der Waals surface area contributed by atoms with Gasteiger partial charge in [0.05, 0.1) is 21.4 Å². The number of carboxylic acid groups (broad SMARTS) is 1. The second kappa shape index (κ2) is 2.80. The molecular weight excluding hydrogens is 212 g/mol. The van der Waals surface area contributed by atoms with E-state index >= 15 is 0 Å². The van der Waals surface area contributed by atoms with E-state index in [4.69, 9.17) is 0 Å². The minimum atomic E-state index is -1.08. The Hall–Kier alpha value is -1.88. The molecule has 3 rings (SSSR count). The van der Waals surface area contributed by atoms with Crippen molar-refractivity contribution in [2.45, 2.75) is 0 Å². The monoisotopic (exact) mass is 218 g/mol. The number of hydrogen-bond donors (Lipinski definition) is 1. The van der Waals surface area contributed by atoms with E-state index in [-0.39, 0.29) is 0 Å². The van der Waals surface area contributed by atoms with Crippen molar-refractivity contribution in [3.8, 4) is 0 Å². The van der Waals surface area contributed by atoms with Crippen molar-refractivity contribution >= 4 is 36.9 Å². The third-order valence-corrected chi connectivity index (χ3v) is 3.91. The quantitative estimate of drug-likeness (QED) is 0.631. The fourth-order valence-corrected chi connectivity index (χ4v) is 3.05. The van der Waals surface area contributed by atoms with Crippen LogP contribution in [-0.2, 0) is 0 Å². The van der Waals surface area contributed by atoms with Gasteiger partial charge in [-0.15, -0.1) is 0 Å². The van der Waals surface area contributed by atoms with Crippen LogP contribution in [0.5, 0.6) is 0 Å². The van der Waals surface area contributed by atoms with Gasteiger partial charge >= 0.3 is 5.30 Å².